The van der Waals surface area contributed by atoms with Gasteiger partial charge in [0.1, 0.15) is 0 Å². The molecule has 0 aromatic heterocycles. The molecule has 0 rings (SSSR count). The lowest BCUT2D eigenvalue weighted by molar-refractivity contribution is -0.125. The molecule has 0 heterocycles. The molecule has 0 saturated heterocycles. The number of amides is 2. The summed E-state index contributed by atoms with van der Waals surface area (Å²) in [5.74, 6) is -0.485. The van der Waals surface area contributed by atoms with Crippen LogP contribution in [0.3, 0.4) is 0 Å². The van der Waals surface area contributed by atoms with Crippen molar-refractivity contribution in [1.82, 2.24) is 15.5 Å². The molecule has 0 bridgehead atoms. The molecule has 0 aromatic carbocycles. The summed E-state index contributed by atoms with van der Waals surface area (Å²) < 4.78 is 0. The molecule has 1 unspecified atom stereocenters. The van der Waals surface area contributed by atoms with Crippen LogP contribution >= 0.6 is 24.8 Å². The quantitative estimate of drug-likeness (QED) is 0.539. The van der Waals surface area contributed by atoms with Gasteiger partial charge in [-0.3, -0.25) is 9.59 Å². The number of carbonyl (C=O) groups excluding carboxylic acids is 2. The molecule has 0 fully saturated rings. The molecule has 0 radical (unpaired) electrons. The molecule has 1 atom stereocenters. The van der Waals surface area contributed by atoms with Gasteiger partial charge < -0.3 is 21.3 Å². The molecule has 21 heavy (non-hydrogen) atoms. The fourth-order valence-corrected chi connectivity index (χ4v) is 1.81. The highest BCUT2D eigenvalue weighted by molar-refractivity contribution is 5.86. The zero-order valence-corrected chi connectivity index (χ0v) is 14.8. The minimum Gasteiger partial charge on any atom is -0.352 e. The summed E-state index contributed by atoms with van der Waals surface area (Å²) >= 11 is 0. The summed E-state index contributed by atoms with van der Waals surface area (Å²) in [6.07, 6.45) is 1.99. The zero-order valence-electron chi connectivity index (χ0n) is 13.2. The van der Waals surface area contributed by atoms with Gasteiger partial charge in [0.15, 0.2) is 0 Å². The van der Waals surface area contributed by atoms with E-state index in [-0.39, 0.29) is 55.8 Å². The largest absolute Gasteiger partial charge is 0.352 e. The highest BCUT2D eigenvalue weighted by atomic mass is 35.5. The number of nitrogens with two attached hydrogens (primary N) is 1. The van der Waals surface area contributed by atoms with E-state index in [0.717, 1.165) is 32.5 Å². The second kappa shape index (κ2) is 15.8. The Morgan fingerprint density at radius 2 is 1.71 bits per heavy atom. The topological polar surface area (TPSA) is 87.5 Å². The average molecular weight is 345 g/mol. The summed E-state index contributed by atoms with van der Waals surface area (Å²) in [5, 5.41) is 5.30. The molecule has 0 aliphatic carbocycles. The van der Waals surface area contributed by atoms with Crippen molar-refractivity contribution in [2.45, 2.75) is 39.7 Å². The molecule has 0 spiro atoms. The lowest BCUT2D eigenvalue weighted by atomic mass is 10.1. The third kappa shape index (κ3) is 14.2. The Morgan fingerprint density at radius 3 is 2.19 bits per heavy atom. The number of hydrogen-bond donors (Lipinski definition) is 3. The van der Waals surface area contributed by atoms with Crippen LogP contribution in [0.2, 0.25) is 0 Å². The van der Waals surface area contributed by atoms with Crippen LogP contribution < -0.4 is 16.4 Å². The third-order valence-electron chi connectivity index (χ3n) is 3.04. The van der Waals surface area contributed by atoms with Crippen molar-refractivity contribution in [3.8, 4) is 0 Å². The molecular weight excluding hydrogens is 315 g/mol. The maximum Gasteiger partial charge on any atom is 0.239 e. The summed E-state index contributed by atoms with van der Waals surface area (Å²) in [7, 11) is 0. The monoisotopic (exact) mass is 344 g/mol. The summed E-state index contributed by atoms with van der Waals surface area (Å²) in [6, 6.07) is 0.123. The molecule has 0 saturated carbocycles. The molecule has 6 nitrogen and oxygen atoms in total. The van der Waals surface area contributed by atoms with E-state index in [0.29, 0.717) is 0 Å². The van der Waals surface area contributed by atoms with Crippen molar-refractivity contribution >= 4 is 36.6 Å². The van der Waals surface area contributed by atoms with E-state index in [4.69, 9.17) is 5.73 Å². The van der Waals surface area contributed by atoms with Gasteiger partial charge in [0.2, 0.25) is 11.8 Å². The highest BCUT2D eigenvalue weighted by Gasteiger charge is 2.08. The van der Waals surface area contributed by atoms with E-state index in [1.807, 2.05) is 6.92 Å². The van der Waals surface area contributed by atoms with E-state index < -0.39 is 0 Å². The minimum absolute atomic E-state index is 0. The molecule has 0 aromatic rings. The Morgan fingerprint density at radius 1 is 1.14 bits per heavy atom. The van der Waals surface area contributed by atoms with Crippen molar-refractivity contribution in [2.24, 2.45) is 5.73 Å². The highest BCUT2D eigenvalue weighted by Crippen LogP contribution is 1.99. The fourth-order valence-electron chi connectivity index (χ4n) is 1.81. The number of rotatable bonds is 10. The maximum atomic E-state index is 11.5. The second-order valence-corrected chi connectivity index (χ2v) is 4.62. The van der Waals surface area contributed by atoms with Gasteiger partial charge in [0, 0.05) is 6.04 Å². The summed E-state index contributed by atoms with van der Waals surface area (Å²) in [6.45, 7) is 9.35. The Kier molecular flexibility index (Phi) is 19.1. The number of halogens is 2. The van der Waals surface area contributed by atoms with Crippen LogP contribution in [0, 0.1) is 0 Å². The van der Waals surface area contributed by atoms with Crippen molar-refractivity contribution in [1.29, 1.82) is 0 Å². The van der Waals surface area contributed by atoms with Crippen LogP contribution in [0.4, 0.5) is 0 Å². The number of nitrogens with zero attached hydrogens (tertiary/aromatic N) is 1. The van der Waals surface area contributed by atoms with Crippen LogP contribution in [0.25, 0.3) is 0 Å². The molecule has 4 N–H and O–H groups in total. The van der Waals surface area contributed by atoms with Crippen LogP contribution in [0.1, 0.15) is 33.6 Å². The van der Waals surface area contributed by atoms with Gasteiger partial charge in [-0.2, -0.15) is 0 Å². The first-order chi connectivity index (χ1) is 9.03. The van der Waals surface area contributed by atoms with E-state index in [2.05, 4.69) is 29.4 Å². The SMILES string of the molecule is CCN(CC)CCCC(C)NC(=O)CNC(=O)CN.Cl.Cl. The van der Waals surface area contributed by atoms with Crippen molar-refractivity contribution in [3.63, 3.8) is 0 Å². The first-order valence-electron chi connectivity index (χ1n) is 7.01. The number of carbonyl (C=O) groups is 2. The first-order valence-corrected chi connectivity index (χ1v) is 7.01. The van der Waals surface area contributed by atoms with Crippen molar-refractivity contribution < 1.29 is 9.59 Å². The standard InChI is InChI=1S/C13H28N4O2.2ClH/c1-4-17(5-2)8-6-7-11(3)16-13(19)10-15-12(18)9-14;;/h11H,4-10,14H2,1-3H3,(H,15,18)(H,16,19);2*1H. The zero-order chi connectivity index (χ0) is 14.7. The molecule has 0 aliphatic rings. The fraction of sp³-hybridized carbons (Fsp3) is 0.846. The van der Waals surface area contributed by atoms with E-state index in [1.54, 1.807) is 0 Å². The van der Waals surface area contributed by atoms with Gasteiger partial charge in [0.05, 0.1) is 13.1 Å². The third-order valence-corrected chi connectivity index (χ3v) is 3.04. The number of nitrogens with one attached hydrogen (secondary N) is 2. The Balaban J connectivity index is -0.00000162. The first kappa shape index (κ1) is 25.4. The lowest BCUT2D eigenvalue weighted by Crippen LogP contribution is -2.42. The Hall–Kier alpha value is -0.560. The molecule has 2 amide bonds. The van der Waals surface area contributed by atoms with E-state index in [1.165, 1.54) is 0 Å². The predicted molar refractivity (Wildman–Crippen MR) is 91.2 cm³/mol. The van der Waals surface area contributed by atoms with Crippen molar-refractivity contribution in [3.05, 3.63) is 0 Å². The van der Waals surface area contributed by atoms with Gasteiger partial charge in [0.25, 0.3) is 0 Å². The molecule has 8 heteroatoms. The van der Waals surface area contributed by atoms with Gasteiger partial charge in [-0.05, 0) is 39.4 Å². The van der Waals surface area contributed by atoms with Gasteiger partial charge in [-0.15, -0.1) is 24.8 Å². The van der Waals surface area contributed by atoms with Gasteiger partial charge >= 0.3 is 0 Å². The molecule has 0 aliphatic heterocycles. The number of hydrogen-bond acceptors (Lipinski definition) is 4. The average Bonchev–Trinajstić information content (AvgIpc) is 2.40. The van der Waals surface area contributed by atoms with Crippen LogP contribution in [0.5, 0.6) is 0 Å². The minimum atomic E-state index is -0.315. The maximum absolute atomic E-state index is 11.5. The Bertz CT molecular complexity index is 277. The van der Waals surface area contributed by atoms with Crippen molar-refractivity contribution in [2.75, 3.05) is 32.7 Å². The van der Waals surface area contributed by atoms with E-state index >= 15 is 0 Å². The summed E-state index contributed by atoms with van der Waals surface area (Å²) in [4.78, 5) is 24.8. The van der Waals surface area contributed by atoms with Gasteiger partial charge in [-0.25, -0.2) is 0 Å². The Labute approximate surface area is 140 Å². The normalized spacial score (nSPS) is 11.1. The lowest BCUT2D eigenvalue weighted by Gasteiger charge is -2.19. The second-order valence-electron chi connectivity index (χ2n) is 4.62. The smallest absolute Gasteiger partial charge is 0.239 e. The van der Waals surface area contributed by atoms with Crippen LogP contribution in [-0.4, -0.2) is 55.5 Å². The summed E-state index contributed by atoms with van der Waals surface area (Å²) in [5.41, 5.74) is 5.13. The van der Waals surface area contributed by atoms with Crippen LogP contribution in [-0.2, 0) is 9.59 Å². The van der Waals surface area contributed by atoms with Crippen LogP contribution in [0.15, 0.2) is 0 Å². The van der Waals surface area contributed by atoms with E-state index in [9.17, 15) is 9.59 Å². The molecule has 128 valence electrons. The van der Waals surface area contributed by atoms with Gasteiger partial charge in [-0.1, -0.05) is 13.8 Å². The predicted octanol–water partition coefficient (Wildman–Crippen LogP) is 0.532. The molecular formula is C13H30Cl2N4O2.